The lowest BCUT2D eigenvalue weighted by Crippen LogP contribution is -2.46. The summed E-state index contributed by atoms with van der Waals surface area (Å²) in [4.78, 5) is 21.5. The number of piperidine rings is 1. The first-order chi connectivity index (χ1) is 14.7. The summed E-state index contributed by atoms with van der Waals surface area (Å²) in [5, 5.41) is 13.9. The Balaban J connectivity index is 1.39. The number of hydrogen-bond donors (Lipinski definition) is 0. The first-order valence-corrected chi connectivity index (χ1v) is 10.8. The van der Waals surface area contributed by atoms with Gasteiger partial charge in [0.05, 0.1) is 35.4 Å². The number of thioether (sulfide) groups is 1. The van der Waals surface area contributed by atoms with Gasteiger partial charge in [0.1, 0.15) is 5.03 Å². The monoisotopic (exact) mass is 419 g/mol. The minimum Gasteiger partial charge on any atom is -0.335 e. The number of likely N-dealkylation sites (tertiary alicyclic amines) is 1. The van der Waals surface area contributed by atoms with Crippen LogP contribution in [0.5, 0.6) is 0 Å². The normalized spacial score (nSPS) is 19.3. The van der Waals surface area contributed by atoms with E-state index in [0.717, 1.165) is 23.4 Å². The van der Waals surface area contributed by atoms with Gasteiger partial charge in [-0.1, -0.05) is 23.9 Å². The Morgan fingerprint density at radius 1 is 1.03 bits per heavy atom. The highest BCUT2D eigenvalue weighted by molar-refractivity contribution is 8.00. The van der Waals surface area contributed by atoms with Crippen molar-refractivity contribution in [2.45, 2.75) is 36.1 Å². The van der Waals surface area contributed by atoms with Crippen molar-refractivity contribution in [2.24, 2.45) is 0 Å². The fraction of sp³-hybridized carbons (Fsp3) is 0.286. The van der Waals surface area contributed by atoms with Crippen LogP contribution in [0.15, 0.2) is 66.3 Å². The van der Waals surface area contributed by atoms with Crippen LogP contribution in [0.1, 0.15) is 30.1 Å². The molecule has 0 saturated carbocycles. The Kier molecular flexibility index (Phi) is 4.96. The Morgan fingerprint density at radius 2 is 1.87 bits per heavy atom. The van der Waals surface area contributed by atoms with Crippen molar-refractivity contribution in [3.8, 4) is 5.69 Å². The molecule has 3 aromatic heterocycles. The molecule has 4 aromatic rings. The third-order valence-electron chi connectivity index (χ3n) is 5.44. The summed E-state index contributed by atoms with van der Waals surface area (Å²) >= 11 is 1.72. The third-order valence-corrected chi connectivity index (χ3v) is 6.69. The van der Waals surface area contributed by atoms with E-state index in [-0.39, 0.29) is 17.2 Å². The van der Waals surface area contributed by atoms with Crippen molar-refractivity contribution in [3.05, 3.63) is 66.9 Å². The van der Waals surface area contributed by atoms with Gasteiger partial charge in [-0.2, -0.15) is 20.1 Å². The molecule has 0 unspecified atom stereocenters. The van der Waals surface area contributed by atoms with E-state index in [1.54, 1.807) is 36.5 Å². The van der Waals surface area contributed by atoms with E-state index in [4.69, 9.17) is 0 Å². The van der Waals surface area contributed by atoms with Crippen molar-refractivity contribution >= 4 is 23.2 Å². The van der Waals surface area contributed by atoms with Crippen LogP contribution in [0, 0.1) is 0 Å². The van der Waals surface area contributed by atoms with Gasteiger partial charge in [-0.25, -0.2) is 9.50 Å². The molecule has 30 heavy (non-hydrogen) atoms. The molecular formula is C21H21N7OS. The molecule has 0 bridgehead atoms. The summed E-state index contributed by atoms with van der Waals surface area (Å²) in [5.74, 6) is 0.0104. The number of hydrogen-bond acceptors (Lipinski definition) is 6. The van der Waals surface area contributed by atoms with Gasteiger partial charge in [0.25, 0.3) is 5.91 Å². The second-order valence-electron chi connectivity index (χ2n) is 7.35. The molecule has 1 fully saturated rings. The van der Waals surface area contributed by atoms with Crippen LogP contribution in [0.3, 0.4) is 0 Å². The van der Waals surface area contributed by atoms with Crippen molar-refractivity contribution in [3.63, 3.8) is 0 Å². The number of para-hydroxylation sites is 1. The minimum absolute atomic E-state index is 0.0104. The molecule has 1 saturated heterocycles. The average molecular weight is 420 g/mol. The van der Waals surface area contributed by atoms with Gasteiger partial charge >= 0.3 is 0 Å². The zero-order valence-electron chi connectivity index (χ0n) is 16.5. The smallest absolute Gasteiger partial charge is 0.256 e. The lowest BCUT2D eigenvalue weighted by molar-refractivity contribution is 0.0641. The van der Waals surface area contributed by atoms with Crippen molar-refractivity contribution in [2.75, 3.05) is 6.54 Å². The largest absolute Gasteiger partial charge is 0.335 e. The van der Waals surface area contributed by atoms with E-state index >= 15 is 0 Å². The van der Waals surface area contributed by atoms with Crippen molar-refractivity contribution < 1.29 is 4.79 Å². The van der Waals surface area contributed by atoms with E-state index in [9.17, 15) is 4.79 Å². The maximum Gasteiger partial charge on any atom is 0.256 e. The lowest BCUT2D eigenvalue weighted by Gasteiger charge is -2.38. The van der Waals surface area contributed by atoms with Gasteiger partial charge in [0.2, 0.25) is 0 Å². The molecule has 8 nitrogen and oxygen atoms in total. The van der Waals surface area contributed by atoms with E-state index in [1.165, 1.54) is 4.80 Å². The molecule has 9 heteroatoms. The number of rotatable bonds is 4. The number of benzene rings is 1. The number of fused-ring (bicyclic) bond motifs is 1. The first-order valence-electron chi connectivity index (χ1n) is 9.92. The van der Waals surface area contributed by atoms with Crippen LogP contribution in [-0.2, 0) is 0 Å². The van der Waals surface area contributed by atoms with Crippen LogP contribution in [0.2, 0.25) is 0 Å². The van der Waals surface area contributed by atoms with Gasteiger partial charge in [-0.3, -0.25) is 4.79 Å². The molecule has 5 rings (SSSR count). The highest BCUT2D eigenvalue weighted by atomic mass is 32.2. The van der Waals surface area contributed by atoms with Gasteiger partial charge in [0, 0.05) is 30.2 Å². The number of nitrogens with zero attached hydrogens (tertiary/aromatic N) is 7. The minimum atomic E-state index is 0.0104. The van der Waals surface area contributed by atoms with E-state index in [1.807, 2.05) is 45.9 Å². The second kappa shape index (κ2) is 7.91. The number of carbonyl (C=O) groups excluding carboxylic acids is 1. The topological polar surface area (TPSA) is 81.2 Å². The van der Waals surface area contributed by atoms with Crippen molar-refractivity contribution in [1.82, 2.24) is 34.5 Å². The second-order valence-corrected chi connectivity index (χ2v) is 8.64. The molecule has 4 heterocycles. The summed E-state index contributed by atoms with van der Waals surface area (Å²) in [5.41, 5.74) is 2.30. The molecule has 1 aliphatic rings. The zero-order valence-corrected chi connectivity index (χ0v) is 17.3. The van der Waals surface area contributed by atoms with Crippen LogP contribution in [-0.4, -0.2) is 58.2 Å². The molecular weight excluding hydrogens is 398 g/mol. The van der Waals surface area contributed by atoms with E-state index in [0.29, 0.717) is 17.8 Å². The van der Waals surface area contributed by atoms with Gasteiger partial charge in [0.15, 0.2) is 0 Å². The Labute approximate surface area is 177 Å². The maximum atomic E-state index is 13.5. The molecule has 2 atom stereocenters. The fourth-order valence-electron chi connectivity index (χ4n) is 3.86. The summed E-state index contributed by atoms with van der Waals surface area (Å²) in [7, 11) is 0. The molecule has 0 N–H and O–H groups in total. The molecule has 1 amide bonds. The molecule has 0 radical (unpaired) electrons. The van der Waals surface area contributed by atoms with Crippen LogP contribution < -0.4 is 0 Å². The SMILES string of the molecule is C[C@@H]1CC[C@@H](Sc2nccn3nccc23)CN1C(=O)c1ccccc1-n1nccn1. The standard InChI is InChI=1S/C21H21N7OS/c1-15-6-7-16(30-20-19-8-9-23-27(19)13-12-22-20)14-26(15)21(29)17-4-2-3-5-18(17)28-24-10-11-25-28/h2-5,8-13,15-16H,6-7,14H2,1H3/t15-,16-/m1/s1. The quantitative estimate of drug-likeness (QED) is 0.506. The Morgan fingerprint density at radius 3 is 2.73 bits per heavy atom. The maximum absolute atomic E-state index is 13.5. The molecule has 1 aliphatic heterocycles. The number of amides is 1. The summed E-state index contributed by atoms with van der Waals surface area (Å²) in [6.07, 6.45) is 10.6. The summed E-state index contributed by atoms with van der Waals surface area (Å²) in [6.45, 7) is 2.78. The summed E-state index contributed by atoms with van der Waals surface area (Å²) < 4.78 is 1.83. The van der Waals surface area contributed by atoms with Crippen molar-refractivity contribution in [1.29, 1.82) is 0 Å². The fourth-order valence-corrected chi connectivity index (χ4v) is 5.07. The number of aromatic nitrogens is 6. The zero-order chi connectivity index (χ0) is 20.5. The highest BCUT2D eigenvalue weighted by Crippen LogP contribution is 2.33. The molecule has 1 aromatic carbocycles. The lowest BCUT2D eigenvalue weighted by atomic mass is 10.0. The molecule has 0 aliphatic carbocycles. The third kappa shape index (κ3) is 3.45. The van der Waals surface area contributed by atoms with Crippen LogP contribution in [0.4, 0.5) is 0 Å². The van der Waals surface area contributed by atoms with Crippen LogP contribution in [0.25, 0.3) is 11.2 Å². The van der Waals surface area contributed by atoms with E-state index < -0.39 is 0 Å². The van der Waals surface area contributed by atoms with Gasteiger partial charge in [-0.15, -0.1) is 0 Å². The van der Waals surface area contributed by atoms with E-state index in [2.05, 4.69) is 27.2 Å². The summed E-state index contributed by atoms with van der Waals surface area (Å²) in [6, 6.07) is 9.64. The van der Waals surface area contributed by atoms with Gasteiger partial charge < -0.3 is 4.90 Å². The highest BCUT2D eigenvalue weighted by Gasteiger charge is 2.32. The number of carbonyl (C=O) groups is 1. The Bertz CT molecular complexity index is 1170. The van der Waals surface area contributed by atoms with Gasteiger partial charge in [-0.05, 0) is 38.0 Å². The predicted molar refractivity (Wildman–Crippen MR) is 114 cm³/mol. The Hall–Kier alpha value is -3.20. The predicted octanol–water partition coefficient (Wildman–Crippen LogP) is 3.10. The average Bonchev–Trinajstić information content (AvgIpc) is 3.47. The first kappa shape index (κ1) is 18.8. The molecule has 152 valence electrons. The molecule has 0 spiro atoms. The van der Waals surface area contributed by atoms with Crippen LogP contribution >= 0.6 is 11.8 Å².